The Morgan fingerprint density at radius 3 is 2.58 bits per heavy atom. The summed E-state index contributed by atoms with van der Waals surface area (Å²) in [6, 6.07) is -0.806. The quantitative estimate of drug-likeness (QED) is 0.202. The van der Waals surface area contributed by atoms with Crippen molar-refractivity contribution < 1.29 is 24.9 Å². The van der Waals surface area contributed by atoms with Crippen molar-refractivity contribution in [3.63, 3.8) is 0 Å². The number of nitrogens with two attached hydrogens (primary N) is 2. The van der Waals surface area contributed by atoms with Gasteiger partial charge >= 0.3 is 5.97 Å². The number of likely N-dealkylation sites (tertiary alicyclic amines) is 1. The Balaban J connectivity index is 1.82. The van der Waals surface area contributed by atoms with Gasteiger partial charge in [-0.15, -0.1) is 0 Å². The lowest BCUT2D eigenvalue weighted by atomic mass is 9.77. The standard InChI is InChI=1S/C16H25N5O5/c1-6-8(3-20-4-9(10(23)5-20)19-16(17)18)13(15(25)26)21-12(6)11(7(2)22)14(21)24/h6-7,9-12,22-23H,3-5H2,1-2H3,(H,25,26)(H4,17,18,19)/t6-,7+,9+,10+,11?,12?/m0/s1. The molecule has 1 amide bonds. The fraction of sp³-hybridized carbons (Fsp3) is 0.688. The molecule has 3 heterocycles. The number of rotatable bonds is 5. The Hall–Kier alpha value is -2.17. The second kappa shape index (κ2) is 6.53. The summed E-state index contributed by atoms with van der Waals surface area (Å²) in [4.78, 5) is 31.3. The van der Waals surface area contributed by atoms with Gasteiger partial charge in [-0.25, -0.2) is 9.79 Å². The Labute approximate surface area is 150 Å². The first kappa shape index (κ1) is 18.6. The molecule has 10 heteroatoms. The highest BCUT2D eigenvalue weighted by Crippen LogP contribution is 2.47. The Morgan fingerprint density at radius 2 is 2.04 bits per heavy atom. The van der Waals surface area contributed by atoms with E-state index in [1.807, 2.05) is 11.8 Å². The lowest BCUT2D eigenvalue weighted by molar-refractivity contribution is -0.163. The number of carboxylic acid groups (broad SMARTS) is 1. The number of fused-ring (bicyclic) bond motifs is 1. The molecule has 3 aliphatic heterocycles. The molecule has 7 N–H and O–H groups in total. The third-order valence-corrected chi connectivity index (χ3v) is 5.56. The maximum absolute atomic E-state index is 12.3. The zero-order chi connectivity index (χ0) is 19.3. The third kappa shape index (κ3) is 2.83. The van der Waals surface area contributed by atoms with Crippen LogP contribution in [0.4, 0.5) is 0 Å². The number of carbonyl (C=O) groups is 2. The number of hydrogen-bond donors (Lipinski definition) is 5. The number of guanidine groups is 1. The lowest BCUT2D eigenvalue weighted by Crippen LogP contribution is -2.63. The van der Waals surface area contributed by atoms with Crippen LogP contribution in [0.1, 0.15) is 13.8 Å². The Kier molecular flexibility index (Phi) is 4.67. The number of aliphatic carboxylic acids is 1. The van der Waals surface area contributed by atoms with Gasteiger partial charge in [-0.05, 0) is 12.5 Å². The van der Waals surface area contributed by atoms with Gasteiger partial charge in [0.25, 0.3) is 0 Å². The molecule has 0 saturated carbocycles. The minimum atomic E-state index is -1.16. The zero-order valence-electron chi connectivity index (χ0n) is 14.7. The van der Waals surface area contributed by atoms with E-state index < -0.39 is 30.1 Å². The third-order valence-electron chi connectivity index (χ3n) is 5.56. The molecule has 0 bridgehead atoms. The van der Waals surface area contributed by atoms with Crippen LogP contribution in [0.25, 0.3) is 0 Å². The summed E-state index contributed by atoms with van der Waals surface area (Å²) in [6.07, 6.45) is -1.58. The van der Waals surface area contributed by atoms with Crippen molar-refractivity contribution in [2.45, 2.75) is 38.1 Å². The van der Waals surface area contributed by atoms with Gasteiger partial charge < -0.3 is 31.7 Å². The SMILES string of the molecule is C[C@@H](O)C1C(=O)N2C(C(=O)O)=C(CN3C[C@@H](O)[C@H](N=C(N)N)C3)[C@H](C)C12. The number of carboxylic acids is 1. The number of aliphatic hydroxyl groups is 2. The van der Waals surface area contributed by atoms with E-state index in [0.29, 0.717) is 25.2 Å². The number of β-amino-alcohol motifs (C(OH)–C–C–N with tert-alkyl or cyclic N) is 1. The predicted molar refractivity (Wildman–Crippen MR) is 91.7 cm³/mol. The lowest BCUT2D eigenvalue weighted by Gasteiger charge is -2.46. The number of β-lactam (4-membered cyclic amide) rings is 1. The highest BCUT2D eigenvalue weighted by Gasteiger charge is 2.59. The number of aliphatic imine (C=N–C) groups is 1. The molecule has 2 unspecified atom stereocenters. The number of carbonyl (C=O) groups excluding carboxylic acids is 1. The molecule has 3 aliphatic rings. The van der Waals surface area contributed by atoms with Crippen LogP contribution in [-0.4, -0.2) is 86.9 Å². The predicted octanol–water partition coefficient (Wildman–Crippen LogP) is -2.50. The smallest absolute Gasteiger partial charge is 0.352 e. The van der Waals surface area contributed by atoms with Gasteiger partial charge in [0.2, 0.25) is 5.91 Å². The van der Waals surface area contributed by atoms with Crippen molar-refractivity contribution in [1.29, 1.82) is 0 Å². The fourth-order valence-corrected chi connectivity index (χ4v) is 4.39. The topological polar surface area (TPSA) is 166 Å². The van der Waals surface area contributed by atoms with E-state index in [0.717, 1.165) is 0 Å². The first-order valence-electron chi connectivity index (χ1n) is 8.60. The van der Waals surface area contributed by atoms with E-state index in [1.165, 1.54) is 4.90 Å². The highest BCUT2D eigenvalue weighted by atomic mass is 16.4. The largest absolute Gasteiger partial charge is 0.477 e. The summed E-state index contributed by atoms with van der Waals surface area (Å²) >= 11 is 0. The van der Waals surface area contributed by atoms with Crippen LogP contribution >= 0.6 is 0 Å². The van der Waals surface area contributed by atoms with E-state index in [1.54, 1.807) is 6.92 Å². The van der Waals surface area contributed by atoms with Crippen LogP contribution in [0, 0.1) is 11.8 Å². The molecular weight excluding hydrogens is 342 g/mol. The first-order valence-corrected chi connectivity index (χ1v) is 8.60. The molecule has 0 aromatic heterocycles. The molecule has 0 radical (unpaired) electrons. The molecule has 144 valence electrons. The minimum absolute atomic E-state index is 0.0100. The van der Waals surface area contributed by atoms with Gasteiger partial charge in [-0.3, -0.25) is 9.69 Å². The maximum atomic E-state index is 12.3. The maximum Gasteiger partial charge on any atom is 0.352 e. The molecule has 0 spiro atoms. The van der Waals surface area contributed by atoms with Crippen molar-refractivity contribution in [3.8, 4) is 0 Å². The van der Waals surface area contributed by atoms with Gasteiger partial charge in [0.05, 0.1) is 30.2 Å². The summed E-state index contributed by atoms with van der Waals surface area (Å²) in [5.41, 5.74) is 11.4. The second-order valence-corrected chi connectivity index (χ2v) is 7.32. The number of aliphatic hydroxyl groups excluding tert-OH is 2. The highest BCUT2D eigenvalue weighted by molar-refractivity contribution is 6.00. The van der Waals surface area contributed by atoms with E-state index in [-0.39, 0.29) is 29.5 Å². The van der Waals surface area contributed by atoms with Gasteiger partial charge in [-0.2, -0.15) is 0 Å². The average Bonchev–Trinajstić information content (AvgIpc) is 2.96. The van der Waals surface area contributed by atoms with Gasteiger partial charge in [0, 0.05) is 25.6 Å². The van der Waals surface area contributed by atoms with Crippen LogP contribution in [0.3, 0.4) is 0 Å². The number of amides is 1. The van der Waals surface area contributed by atoms with Gasteiger partial charge in [0.15, 0.2) is 5.96 Å². The molecule has 10 nitrogen and oxygen atoms in total. The molecule has 2 fully saturated rings. The van der Waals surface area contributed by atoms with Gasteiger partial charge in [-0.1, -0.05) is 6.92 Å². The van der Waals surface area contributed by atoms with E-state index in [4.69, 9.17) is 11.5 Å². The summed E-state index contributed by atoms with van der Waals surface area (Å²) in [6.45, 7) is 4.40. The van der Waals surface area contributed by atoms with E-state index in [9.17, 15) is 24.9 Å². The van der Waals surface area contributed by atoms with Crippen LogP contribution in [-0.2, 0) is 9.59 Å². The van der Waals surface area contributed by atoms with Crippen molar-refractivity contribution in [3.05, 3.63) is 11.3 Å². The molecule has 26 heavy (non-hydrogen) atoms. The van der Waals surface area contributed by atoms with Crippen LogP contribution in [0.5, 0.6) is 0 Å². The summed E-state index contributed by atoms with van der Waals surface area (Å²) in [5.74, 6) is -2.41. The summed E-state index contributed by atoms with van der Waals surface area (Å²) < 4.78 is 0. The molecule has 3 rings (SSSR count). The number of nitrogens with zero attached hydrogens (tertiary/aromatic N) is 3. The molecule has 0 aromatic carbocycles. The van der Waals surface area contributed by atoms with Crippen LogP contribution in [0.2, 0.25) is 0 Å². The molecule has 2 saturated heterocycles. The van der Waals surface area contributed by atoms with Crippen molar-refractivity contribution in [1.82, 2.24) is 9.80 Å². The Bertz CT molecular complexity index is 687. The second-order valence-electron chi connectivity index (χ2n) is 7.32. The van der Waals surface area contributed by atoms with Gasteiger partial charge in [0.1, 0.15) is 5.70 Å². The van der Waals surface area contributed by atoms with E-state index >= 15 is 0 Å². The summed E-state index contributed by atoms with van der Waals surface area (Å²) in [7, 11) is 0. The first-order chi connectivity index (χ1) is 12.1. The van der Waals surface area contributed by atoms with Crippen LogP contribution in [0.15, 0.2) is 16.3 Å². The molecule has 0 aliphatic carbocycles. The van der Waals surface area contributed by atoms with Crippen molar-refractivity contribution >= 4 is 17.8 Å². The van der Waals surface area contributed by atoms with Crippen molar-refractivity contribution in [2.24, 2.45) is 28.3 Å². The molecule has 6 atom stereocenters. The fourth-order valence-electron chi connectivity index (χ4n) is 4.39. The Morgan fingerprint density at radius 1 is 1.38 bits per heavy atom. The monoisotopic (exact) mass is 367 g/mol. The average molecular weight is 367 g/mol. The normalized spacial score (nSPS) is 35.3. The van der Waals surface area contributed by atoms with E-state index in [2.05, 4.69) is 4.99 Å². The molecule has 0 aromatic rings. The zero-order valence-corrected chi connectivity index (χ0v) is 14.7. The van der Waals surface area contributed by atoms with Crippen LogP contribution < -0.4 is 11.5 Å². The number of hydrogen-bond acceptors (Lipinski definition) is 6. The van der Waals surface area contributed by atoms with Crippen molar-refractivity contribution in [2.75, 3.05) is 19.6 Å². The minimum Gasteiger partial charge on any atom is -0.477 e. The summed E-state index contributed by atoms with van der Waals surface area (Å²) in [5, 5.41) is 29.6. The molecular formula is C16H25N5O5.